The Bertz CT molecular complexity index is 438. The molecule has 16 heavy (non-hydrogen) atoms. The molecule has 1 amide bonds. The Morgan fingerprint density at radius 1 is 1.38 bits per heavy atom. The first kappa shape index (κ1) is 9.70. The Morgan fingerprint density at radius 2 is 2.19 bits per heavy atom. The van der Waals surface area contributed by atoms with Crippen molar-refractivity contribution in [1.29, 1.82) is 0 Å². The third-order valence-corrected chi connectivity index (χ3v) is 3.75. The number of carbonyl (C=O) groups excluding carboxylic acids is 1. The van der Waals surface area contributed by atoms with E-state index in [1.807, 2.05) is 18.2 Å². The van der Waals surface area contributed by atoms with E-state index in [2.05, 4.69) is 5.32 Å². The van der Waals surface area contributed by atoms with Gasteiger partial charge in [-0.1, -0.05) is 12.5 Å². The number of amides is 1. The number of carbonyl (C=O) groups is 1. The molecule has 1 atom stereocenters. The highest BCUT2D eigenvalue weighted by Gasteiger charge is 2.38. The molecule has 84 valence electrons. The van der Waals surface area contributed by atoms with Crippen LogP contribution in [0.25, 0.3) is 0 Å². The van der Waals surface area contributed by atoms with Crippen LogP contribution in [0.15, 0.2) is 18.2 Å². The van der Waals surface area contributed by atoms with Crippen LogP contribution in [0.1, 0.15) is 41.2 Å². The fourth-order valence-electron chi connectivity index (χ4n) is 2.66. The van der Waals surface area contributed by atoms with Crippen LogP contribution < -0.4 is 10.1 Å². The van der Waals surface area contributed by atoms with E-state index in [0.29, 0.717) is 5.92 Å². The molecule has 0 radical (unpaired) electrons. The van der Waals surface area contributed by atoms with Gasteiger partial charge < -0.3 is 10.1 Å². The van der Waals surface area contributed by atoms with Gasteiger partial charge in [-0.25, -0.2) is 0 Å². The number of nitrogens with one attached hydrogen (secondary N) is 1. The summed E-state index contributed by atoms with van der Waals surface area (Å²) in [5.74, 6) is 1.49. The van der Waals surface area contributed by atoms with Crippen molar-refractivity contribution >= 4 is 5.91 Å². The quantitative estimate of drug-likeness (QED) is 0.825. The van der Waals surface area contributed by atoms with E-state index >= 15 is 0 Å². The molecule has 0 aromatic heterocycles. The van der Waals surface area contributed by atoms with Gasteiger partial charge >= 0.3 is 0 Å². The number of fused-ring (bicyclic) bond motifs is 1. The van der Waals surface area contributed by atoms with Crippen molar-refractivity contribution in [2.45, 2.75) is 25.3 Å². The summed E-state index contributed by atoms with van der Waals surface area (Å²) in [6.07, 6.45) is 3.70. The average Bonchev–Trinajstić information content (AvgIpc) is 2.54. The molecule has 0 spiro atoms. The van der Waals surface area contributed by atoms with Gasteiger partial charge in [-0.15, -0.1) is 0 Å². The molecular formula is C13H15NO2. The summed E-state index contributed by atoms with van der Waals surface area (Å²) in [5.41, 5.74) is 1.86. The van der Waals surface area contributed by atoms with Crippen LogP contribution in [0.2, 0.25) is 0 Å². The summed E-state index contributed by atoms with van der Waals surface area (Å²) in [7, 11) is 1.66. The molecule has 1 aliphatic carbocycles. The van der Waals surface area contributed by atoms with Crippen molar-refractivity contribution in [1.82, 2.24) is 5.32 Å². The molecule has 1 N–H and O–H groups in total. The zero-order chi connectivity index (χ0) is 11.1. The Kier molecular flexibility index (Phi) is 2.13. The molecule has 1 unspecified atom stereocenters. The number of benzene rings is 1. The lowest BCUT2D eigenvalue weighted by molar-refractivity contribution is 0.0932. The third-order valence-electron chi connectivity index (χ3n) is 3.75. The number of ether oxygens (including phenoxy) is 1. The van der Waals surface area contributed by atoms with Crippen LogP contribution in [-0.4, -0.2) is 13.0 Å². The first-order valence-corrected chi connectivity index (χ1v) is 5.79. The minimum atomic E-state index is 0.0470. The van der Waals surface area contributed by atoms with Crippen molar-refractivity contribution in [3.8, 4) is 5.75 Å². The standard InChI is InChI=1S/C13H15NO2/c1-16-10-7-3-6-9-11(10)12(14-13(9)15)8-4-2-5-8/h3,6-8,12H,2,4-5H2,1H3,(H,14,15). The Morgan fingerprint density at radius 3 is 2.81 bits per heavy atom. The monoisotopic (exact) mass is 217 g/mol. The molecule has 1 fully saturated rings. The van der Waals surface area contributed by atoms with E-state index in [4.69, 9.17) is 4.74 Å². The zero-order valence-corrected chi connectivity index (χ0v) is 9.32. The molecule has 3 nitrogen and oxygen atoms in total. The van der Waals surface area contributed by atoms with Crippen LogP contribution in [-0.2, 0) is 0 Å². The van der Waals surface area contributed by atoms with Crippen molar-refractivity contribution in [3.63, 3.8) is 0 Å². The molecule has 1 aromatic rings. The number of hydrogen-bond acceptors (Lipinski definition) is 2. The van der Waals surface area contributed by atoms with Crippen LogP contribution in [0.3, 0.4) is 0 Å². The highest BCUT2D eigenvalue weighted by atomic mass is 16.5. The van der Waals surface area contributed by atoms with Gasteiger partial charge in [0.1, 0.15) is 5.75 Å². The van der Waals surface area contributed by atoms with Gasteiger partial charge in [0.2, 0.25) is 0 Å². The van der Waals surface area contributed by atoms with Gasteiger partial charge in [-0.05, 0) is 30.9 Å². The Balaban J connectivity index is 2.06. The normalized spacial score (nSPS) is 23.6. The van der Waals surface area contributed by atoms with Gasteiger partial charge in [0, 0.05) is 11.1 Å². The highest BCUT2D eigenvalue weighted by molar-refractivity contribution is 6.00. The smallest absolute Gasteiger partial charge is 0.252 e. The summed E-state index contributed by atoms with van der Waals surface area (Å²) in [6.45, 7) is 0. The van der Waals surface area contributed by atoms with Crippen LogP contribution >= 0.6 is 0 Å². The maximum atomic E-state index is 11.8. The maximum Gasteiger partial charge on any atom is 0.252 e. The largest absolute Gasteiger partial charge is 0.496 e. The minimum Gasteiger partial charge on any atom is -0.496 e. The summed E-state index contributed by atoms with van der Waals surface area (Å²) in [5, 5.41) is 3.08. The molecule has 1 saturated carbocycles. The fraction of sp³-hybridized carbons (Fsp3) is 0.462. The summed E-state index contributed by atoms with van der Waals surface area (Å²) in [6, 6.07) is 5.87. The van der Waals surface area contributed by atoms with Gasteiger partial charge in [0.25, 0.3) is 5.91 Å². The fourth-order valence-corrected chi connectivity index (χ4v) is 2.66. The van der Waals surface area contributed by atoms with Crippen LogP contribution in [0.5, 0.6) is 5.75 Å². The average molecular weight is 217 g/mol. The van der Waals surface area contributed by atoms with Gasteiger partial charge in [0.15, 0.2) is 0 Å². The molecule has 0 bridgehead atoms. The van der Waals surface area contributed by atoms with E-state index in [0.717, 1.165) is 16.9 Å². The molecule has 1 heterocycles. The number of hydrogen-bond donors (Lipinski definition) is 1. The van der Waals surface area contributed by atoms with E-state index in [1.165, 1.54) is 19.3 Å². The maximum absolute atomic E-state index is 11.8. The predicted molar refractivity (Wildman–Crippen MR) is 60.5 cm³/mol. The second-order valence-electron chi connectivity index (χ2n) is 4.56. The molecular weight excluding hydrogens is 202 g/mol. The SMILES string of the molecule is COc1cccc2c1C(C1CCC1)NC2=O. The summed E-state index contributed by atoms with van der Waals surface area (Å²) < 4.78 is 5.36. The molecule has 3 heteroatoms. The first-order valence-electron chi connectivity index (χ1n) is 5.79. The van der Waals surface area contributed by atoms with Crippen molar-refractivity contribution in [2.75, 3.05) is 7.11 Å². The topological polar surface area (TPSA) is 38.3 Å². The van der Waals surface area contributed by atoms with Crippen LogP contribution in [0, 0.1) is 5.92 Å². The van der Waals surface area contributed by atoms with Gasteiger partial charge in [-0.3, -0.25) is 4.79 Å². The van der Waals surface area contributed by atoms with Crippen molar-refractivity contribution in [3.05, 3.63) is 29.3 Å². The van der Waals surface area contributed by atoms with Gasteiger partial charge in [-0.2, -0.15) is 0 Å². The Hall–Kier alpha value is -1.51. The molecule has 2 aliphatic rings. The van der Waals surface area contributed by atoms with Crippen molar-refractivity contribution < 1.29 is 9.53 Å². The highest BCUT2D eigenvalue weighted by Crippen LogP contribution is 2.44. The lowest BCUT2D eigenvalue weighted by Gasteiger charge is -2.32. The Labute approximate surface area is 94.8 Å². The van der Waals surface area contributed by atoms with Gasteiger partial charge in [0.05, 0.1) is 13.2 Å². The van der Waals surface area contributed by atoms with E-state index in [9.17, 15) is 4.79 Å². The second kappa shape index (κ2) is 3.51. The van der Waals surface area contributed by atoms with Crippen LogP contribution in [0.4, 0.5) is 0 Å². The lowest BCUT2D eigenvalue weighted by Crippen LogP contribution is -2.29. The molecule has 1 aliphatic heterocycles. The van der Waals surface area contributed by atoms with E-state index in [-0.39, 0.29) is 11.9 Å². The molecule has 1 aromatic carbocycles. The number of methoxy groups -OCH3 is 1. The predicted octanol–water partition coefficient (Wildman–Crippen LogP) is 2.28. The molecule has 0 saturated heterocycles. The van der Waals surface area contributed by atoms with E-state index in [1.54, 1.807) is 7.11 Å². The minimum absolute atomic E-state index is 0.0470. The summed E-state index contributed by atoms with van der Waals surface area (Å²) >= 11 is 0. The lowest BCUT2D eigenvalue weighted by atomic mass is 9.77. The molecule has 3 rings (SSSR count). The second-order valence-corrected chi connectivity index (χ2v) is 4.56. The van der Waals surface area contributed by atoms with Crippen molar-refractivity contribution in [2.24, 2.45) is 5.92 Å². The van der Waals surface area contributed by atoms with E-state index < -0.39 is 0 Å². The third kappa shape index (κ3) is 1.24. The first-order chi connectivity index (χ1) is 7.81. The summed E-state index contributed by atoms with van der Waals surface area (Å²) in [4.78, 5) is 11.8. The number of rotatable bonds is 2. The zero-order valence-electron chi connectivity index (χ0n) is 9.32.